The van der Waals surface area contributed by atoms with E-state index in [1.165, 1.54) is 12.1 Å². The first-order valence-corrected chi connectivity index (χ1v) is 29.4. The van der Waals surface area contributed by atoms with Crippen LogP contribution in [0.4, 0.5) is 11.4 Å². The lowest BCUT2D eigenvalue weighted by atomic mass is 9.81. The van der Waals surface area contributed by atoms with E-state index in [-0.39, 0.29) is 29.9 Å². The summed E-state index contributed by atoms with van der Waals surface area (Å²) in [5, 5.41) is 25.4. The van der Waals surface area contributed by atoms with Crippen LogP contribution >= 0.6 is 12.0 Å². The Morgan fingerprint density at radius 2 is 1.43 bits per heavy atom. The molecule has 2 heterocycles. The summed E-state index contributed by atoms with van der Waals surface area (Å²) in [4.78, 5) is 13.4. The maximum Gasteiger partial charge on any atom is 0.303 e. The minimum Gasteiger partial charge on any atom is -0.481 e. The van der Waals surface area contributed by atoms with Crippen molar-refractivity contribution < 1.29 is 68.0 Å². The third-order valence-electron chi connectivity index (χ3n) is 13.3. The van der Waals surface area contributed by atoms with Gasteiger partial charge in [0.15, 0.2) is 5.71 Å². The minimum atomic E-state index is -4.51. The van der Waals surface area contributed by atoms with Crippen LogP contribution in [0.2, 0.25) is 0 Å². The van der Waals surface area contributed by atoms with Crippen LogP contribution in [0.25, 0.3) is 0 Å². The van der Waals surface area contributed by atoms with Crippen molar-refractivity contribution in [3.05, 3.63) is 94.4 Å². The van der Waals surface area contributed by atoms with Crippen molar-refractivity contribution >= 4 is 65.5 Å². The third-order valence-corrected chi connectivity index (χ3v) is 16.3. The number of allylic oxidation sites excluding steroid dienone is 7. The number of rotatable bonds is 29. The van der Waals surface area contributed by atoms with Gasteiger partial charge in [-0.25, -0.2) is 5.26 Å². The number of hydrogen-bond acceptors (Lipinski definition) is 13. The van der Waals surface area contributed by atoms with Crippen LogP contribution < -0.4 is 10.2 Å². The van der Waals surface area contributed by atoms with E-state index in [0.717, 1.165) is 121 Å². The zero-order valence-electron chi connectivity index (χ0n) is 40.6. The van der Waals surface area contributed by atoms with Gasteiger partial charge in [0.25, 0.3) is 30.4 Å². The molecular formula is C49H70N3O14S4+. The molecule has 0 unspecified atom stereocenters. The van der Waals surface area contributed by atoms with Gasteiger partial charge in [-0.1, -0.05) is 69.6 Å². The van der Waals surface area contributed by atoms with E-state index >= 15 is 0 Å². The van der Waals surface area contributed by atoms with Gasteiger partial charge in [-0.05, 0) is 118 Å². The number of carbonyl (C=O) groups is 1. The minimum absolute atomic E-state index is 0.203. The highest BCUT2D eigenvalue weighted by Gasteiger charge is 2.45. The molecule has 0 atom stereocenters. The summed E-state index contributed by atoms with van der Waals surface area (Å²) in [6.07, 6.45) is 20.1. The fourth-order valence-electron chi connectivity index (χ4n) is 9.69. The molecule has 388 valence electrons. The molecule has 0 saturated carbocycles. The molecule has 0 amide bonds. The number of fused-ring (bicyclic) bond motifs is 2. The van der Waals surface area contributed by atoms with Crippen LogP contribution in [0, 0.1) is 0 Å². The van der Waals surface area contributed by atoms with Crippen molar-refractivity contribution in [2.75, 3.05) is 36.0 Å². The van der Waals surface area contributed by atoms with Gasteiger partial charge >= 0.3 is 5.97 Å². The molecule has 0 fully saturated rings. The molecule has 0 saturated heterocycles. The molecular weight excluding hydrogens is 983 g/mol. The Labute approximate surface area is 418 Å². The molecule has 2 aliphatic heterocycles. The molecule has 0 bridgehead atoms. The lowest BCUT2D eigenvalue weighted by Crippen LogP contribution is -2.28. The summed E-state index contributed by atoms with van der Waals surface area (Å²) >= 11 is 0.860. The monoisotopic (exact) mass is 1050 g/mol. The van der Waals surface area contributed by atoms with Gasteiger partial charge in [-0.3, -0.25) is 18.5 Å². The van der Waals surface area contributed by atoms with Gasteiger partial charge in [-0.15, -0.1) is 4.33 Å². The predicted molar refractivity (Wildman–Crippen MR) is 271 cm³/mol. The normalized spacial score (nSPS) is 18.1. The Hall–Kier alpha value is -3.90. The first kappa shape index (κ1) is 57.0. The zero-order valence-corrected chi connectivity index (χ0v) is 43.8. The lowest BCUT2D eigenvalue weighted by molar-refractivity contribution is -0.438. The van der Waals surface area contributed by atoms with E-state index in [1.54, 1.807) is 6.07 Å². The van der Waals surface area contributed by atoms with Gasteiger partial charge in [0.05, 0.1) is 33.9 Å². The van der Waals surface area contributed by atoms with Gasteiger partial charge in [0, 0.05) is 71.0 Å². The highest BCUT2D eigenvalue weighted by atomic mass is 32.2. The van der Waals surface area contributed by atoms with Crippen molar-refractivity contribution in [2.24, 2.45) is 0 Å². The molecule has 1 aliphatic carbocycles. The smallest absolute Gasteiger partial charge is 0.303 e. The lowest BCUT2D eigenvalue weighted by Gasteiger charge is -2.28. The maximum atomic E-state index is 12.3. The number of anilines is 1. The Kier molecular flexibility index (Phi) is 20.5. The summed E-state index contributed by atoms with van der Waals surface area (Å²) in [5.41, 5.74) is 7.03. The number of nitrogens with one attached hydrogen (secondary N) is 1. The highest BCUT2D eigenvalue weighted by Crippen LogP contribution is 2.49. The van der Waals surface area contributed by atoms with Crippen molar-refractivity contribution in [1.29, 1.82) is 0 Å². The molecule has 21 heteroatoms. The molecule has 5 rings (SSSR count). The van der Waals surface area contributed by atoms with E-state index in [4.69, 9.17) is 14.7 Å². The molecule has 0 spiro atoms. The standard InChI is InChI=1S/C49H69N3O14S4/c1-48(2)40-34-38(67-66-65-55)23-25-42(40)51(30-13-15-32-68(56,57)58)44(48)27-21-36-18-17-19-37(47(36)50-29-12-10-8-6-5-7-9-11-20-46(53)54)22-28-45-49(3,4)41-35-39(70(62,63)64)24-26-43(41)52(45)31-14-16-33-69(59,60)61/h21-28,34-35H,5-20,29-33H2,1-4H3,(H5,53,54,55,56,57,58,59,60,61,62,63,64)/p+1/b37-22+,45-28?. The van der Waals surface area contributed by atoms with Gasteiger partial charge in [0.1, 0.15) is 6.54 Å². The Morgan fingerprint density at radius 3 is 2.07 bits per heavy atom. The molecule has 3 aliphatic rings. The average Bonchev–Trinajstić information content (AvgIpc) is 3.62. The molecule has 0 radical (unpaired) electrons. The van der Waals surface area contributed by atoms with Gasteiger partial charge < -0.3 is 15.3 Å². The third kappa shape index (κ3) is 16.1. The summed E-state index contributed by atoms with van der Waals surface area (Å²) in [6, 6.07) is 10.3. The SMILES string of the molecule is CC1(C)C(=C/C=C2\CCCC(C=CC3=[N+](CCCCS(=O)(=O)O)c4ccc(SOOO)cc4C3(C)C)=C2NCCCCCCCCCCC(=O)O)N(CCCCS(=O)(=O)O)c2ccc(S(=O)(=O)O)cc21. The molecule has 0 aromatic heterocycles. The van der Waals surface area contributed by atoms with E-state index < -0.39 is 52.9 Å². The van der Waals surface area contributed by atoms with Crippen molar-refractivity contribution in [3.63, 3.8) is 0 Å². The Morgan fingerprint density at radius 1 is 0.771 bits per heavy atom. The van der Waals surface area contributed by atoms with E-state index in [1.807, 2.05) is 43.0 Å². The molecule has 2 aromatic carbocycles. The number of hydrogen-bond donors (Lipinski definition) is 6. The molecule has 6 N–H and O–H groups in total. The average molecular weight is 1050 g/mol. The van der Waals surface area contributed by atoms with Crippen molar-refractivity contribution in [2.45, 2.75) is 151 Å². The number of benzene rings is 2. The largest absolute Gasteiger partial charge is 0.481 e. The van der Waals surface area contributed by atoms with E-state index in [0.29, 0.717) is 49.4 Å². The van der Waals surface area contributed by atoms with Crippen molar-refractivity contribution in [1.82, 2.24) is 5.32 Å². The second kappa shape index (κ2) is 25.2. The van der Waals surface area contributed by atoms with Crippen molar-refractivity contribution in [3.8, 4) is 0 Å². The van der Waals surface area contributed by atoms with Gasteiger partial charge in [-0.2, -0.15) is 29.8 Å². The first-order valence-electron chi connectivity index (χ1n) is 24.0. The van der Waals surface area contributed by atoms with Crippen LogP contribution in [-0.4, -0.2) is 96.7 Å². The second-order valence-corrected chi connectivity index (χ2v) is 24.6. The fraction of sp³-hybridized carbons (Fsp3) is 0.551. The summed E-state index contributed by atoms with van der Waals surface area (Å²) in [5.74, 6) is -1.50. The Balaban J connectivity index is 1.52. The first-order chi connectivity index (χ1) is 32.9. The summed E-state index contributed by atoms with van der Waals surface area (Å²) < 4.78 is 107. The zero-order chi connectivity index (χ0) is 51.3. The van der Waals surface area contributed by atoms with Crippen LogP contribution in [0.3, 0.4) is 0 Å². The molecule has 70 heavy (non-hydrogen) atoms. The van der Waals surface area contributed by atoms with Gasteiger partial charge in [0.2, 0.25) is 5.69 Å². The quantitative estimate of drug-likeness (QED) is 0.0111. The maximum absolute atomic E-state index is 12.3. The van der Waals surface area contributed by atoms with Crippen LogP contribution in [0.1, 0.15) is 142 Å². The summed E-state index contributed by atoms with van der Waals surface area (Å²) in [6.45, 7) is 9.75. The molecule has 17 nitrogen and oxygen atoms in total. The number of carboxylic acids is 1. The van der Waals surface area contributed by atoms with Crippen LogP contribution in [0.5, 0.6) is 0 Å². The topological polar surface area (TPSA) is 257 Å². The number of unbranched alkanes of at least 4 members (excludes halogenated alkanes) is 9. The number of carboxylic acid groups (broad SMARTS) is 1. The molecule has 2 aromatic rings. The second-order valence-electron chi connectivity index (χ2n) is 19.2. The number of aliphatic carboxylic acids is 1. The van der Waals surface area contributed by atoms with Crippen LogP contribution in [-0.2, 0) is 55.4 Å². The van der Waals surface area contributed by atoms with E-state index in [9.17, 15) is 43.7 Å². The fourth-order valence-corrected chi connectivity index (χ4v) is 11.7. The number of nitrogens with zero attached hydrogens (tertiary/aromatic N) is 2. The Bertz CT molecular complexity index is 2690. The predicted octanol–water partition coefficient (Wildman–Crippen LogP) is 9.86. The van der Waals surface area contributed by atoms with Crippen LogP contribution in [0.15, 0.2) is 93.0 Å². The van der Waals surface area contributed by atoms with E-state index in [2.05, 4.69) is 47.0 Å². The highest BCUT2D eigenvalue weighted by molar-refractivity contribution is 7.94. The summed E-state index contributed by atoms with van der Waals surface area (Å²) in [7, 11) is -12.8.